The Balaban J connectivity index is 2.24. The average Bonchev–Trinajstić information content (AvgIpc) is 2.60. The minimum atomic E-state index is -0.447. The van der Waals surface area contributed by atoms with E-state index in [0.29, 0.717) is 21.5 Å². The van der Waals surface area contributed by atoms with Gasteiger partial charge in [-0.15, -0.1) is 11.8 Å². The molecule has 0 aliphatic carbocycles. The molecule has 0 radical (unpaired) electrons. The van der Waals surface area contributed by atoms with Crippen LogP contribution in [-0.2, 0) is 9.59 Å². The van der Waals surface area contributed by atoms with Crippen LogP contribution in [0, 0.1) is 0 Å². The summed E-state index contributed by atoms with van der Waals surface area (Å²) in [7, 11) is 0. The summed E-state index contributed by atoms with van der Waals surface area (Å²) in [6.07, 6.45) is 0.133. The Morgan fingerprint density at radius 2 is 1.89 bits per heavy atom. The summed E-state index contributed by atoms with van der Waals surface area (Å²) in [6.45, 7) is -0.0222. The summed E-state index contributed by atoms with van der Waals surface area (Å²) in [5.74, 6) is -0.144. The van der Waals surface area contributed by atoms with E-state index in [-0.39, 0.29) is 24.8 Å². The number of thioether (sulfide) groups is 1. The second kappa shape index (κ2) is 6.13. The molecule has 102 valence electrons. The van der Waals surface area contributed by atoms with Crippen molar-refractivity contribution in [2.75, 3.05) is 17.3 Å². The van der Waals surface area contributed by atoms with Gasteiger partial charge in [-0.05, 0) is 18.2 Å². The van der Waals surface area contributed by atoms with Crippen molar-refractivity contribution in [3.8, 4) is 0 Å². The minimum Gasteiger partial charge on any atom is -0.396 e. The van der Waals surface area contributed by atoms with Crippen LogP contribution in [0.4, 0.5) is 5.69 Å². The number of aliphatic hydroxyl groups excluding tert-OH is 1. The summed E-state index contributed by atoms with van der Waals surface area (Å²) < 4.78 is 0. The van der Waals surface area contributed by atoms with Crippen molar-refractivity contribution in [2.45, 2.75) is 11.7 Å². The summed E-state index contributed by atoms with van der Waals surface area (Å²) in [4.78, 5) is 25.2. The fraction of sp³-hybridized carbons (Fsp3) is 0.333. The average molecular weight is 320 g/mol. The lowest BCUT2D eigenvalue weighted by molar-refractivity contribution is -0.121. The smallest absolute Gasteiger partial charge is 0.247 e. The normalized spacial score (nSPS) is 19.3. The highest BCUT2D eigenvalue weighted by Crippen LogP contribution is 2.32. The van der Waals surface area contributed by atoms with Crippen LogP contribution < -0.4 is 4.90 Å². The Morgan fingerprint density at radius 1 is 1.26 bits per heavy atom. The van der Waals surface area contributed by atoms with Crippen molar-refractivity contribution < 1.29 is 14.7 Å². The lowest BCUT2D eigenvalue weighted by Gasteiger charge is -2.15. The first-order valence-electron chi connectivity index (χ1n) is 5.58. The first-order chi connectivity index (χ1) is 9.02. The zero-order valence-corrected chi connectivity index (χ0v) is 12.1. The first kappa shape index (κ1) is 14.7. The molecule has 1 N–H and O–H groups in total. The van der Waals surface area contributed by atoms with Gasteiger partial charge in [-0.3, -0.25) is 9.59 Å². The van der Waals surface area contributed by atoms with Crippen LogP contribution in [0.25, 0.3) is 0 Å². The number of hydrogen-bond donors (Lipinski definition) is 1. The highest BCUT2D eigenvalue weighted by Gasteiger charge is 2.39. The van der Waals surface area contributed by atoms with Crippen LogP contribution in [0.1, 0.15) is 6.42 Å². The van der Waals surface area contributed by atoms with E-state index in [1.54, 1.807) is 0 Å². The van der Waals surface area contributed by atoms with Crippen molar-refractivity contribution in [3.05, 3.63) is 28.2 Å². The number of halogens is 2. The Kier molecular flexibility index (Phi) is 4.73. The summed E-state index contributed by atoms with van der Waals surface area (Å²) in [5, 5.41) is 9.06. The minimum absolute atomic E-state index is 0.0222. The van der Waals surface area contributed by atoms with Crippen LogP contribution in [0.2, 0.25) is 10.0 Å². The molecule has 1 aliphatic heterocycles. The second-order valence-corrected chi connectivity index (χ2v) is 6.17. The van der Waals surface area contributed by atoms with Gasteiger partial charge in [0, 0.05) is 22.2 Å². The number of imide groups is 1. The molecule has 7 heteroatoms. The van der Waals surface area contributed by atoms with E-state index >= 15 is 0 Å². The molecule has 0 spiro atoms. The van der Waals surface area contributed by atoms with Crippen LogP contribution in [0.15, 0.2) is 18.2 Å². The van der Waals surface area contributed by atoms with Gasteiger partial charge in [-0.25, -0.2) is 4.90 Å². The van der Waals surface area contributed by atoms with Crippen LogP contribution in [-0.4, -0.2) is 34.5 Å². The molecule has 1 aromatic carbocycles. The summed E-state index contributed by atoms with van der Waals surface area (Å²) >= 11 is 13.0. The number of amides is 2. The number of benzene rings is 1. The number of rotatable bonds is 4. The van der Waals surface area contributed by atoms with E-state index in [2.05, 4.69) is 0 Å². The number of nitrogens with zero attached hydrogens (tertiary/aromatic N) is 1. The van der Waals surface area contributed by atoms with E-state index in [9.17, 15) is 9.59 Å². The fourth-order valence-electron chi connectivity index (χ4n) is 1.87. The molecule has 2 rings (SSSR count). The first-order valence-corrected chi connectivity index (χ1v) is 7.38. The third kappa shape index (κ3) is 3.23. The monoisotopic (exact) mass is 319 g/mol. The Bertz CT molecular complexity index is 503. The number of carbonyl (C=O) groups excluding carboxylic acids is 2. The van der Waals surface area contributed by atoms with E-state index in [4.69, 9.17) is 28.3 Å². The quantitative estimate of drug-likeness (QED) is 0.865. The van der Waals surface area contributed by atoms with Crippen LogP contribution >= 0.6 is 35.0 Å². The molecule has 2 amide bonds. The fourth-order valence-corrected chi connectivity index (χ4v) is 3.28. The number of hydrogen-bond acceptors (Lipinski definition) is 4. The Hall–Kier alpha value is -0.750. The van der Waals surface area contributed by atoms with Crippen molar-refractivity contribution in [3.63, 3.8) is 0 Å². The second-order valence-electron chi connectivity index (χ2n) is 3.98. The lowest BCUT2D eigenvalue weighted by Crippen LogP contribution is -2.31. The van der Waals surface area contributed by atoms with E-state index < -0.39 is 5.25 Å². The van der Waals surface area contributed by atoms with Gasteiger partial charge in [-0.2, -0.15) is 0 Å². The number of anilines is 1. The standard InChI is InChI=1S/C12H11Cl2NO3S/c13-7-3-8(14)5-9(4-7)15-11(17)6-10(12(15)18)19-2-1-16/h3-5,10,16H,1-2,6H2. The molecule has 1 aromatic rings. The third-order valence-corrected chi connectivity index (χ3v) is 4.25. The van der Waals surface area contributed by atoms with Gasteiger partial charge >= 0.3 is 0 Å². The maximum atomic E-state index is 12.2. The molecule has 1 unspecified atom stereocenters. The molecule has 1 aliphatic rings. The molecule has 1 atom stereocenters. The van der Waals surface area contributed by atoms with Crippen molar-refractivity contribution in [1.29, 1.82) is 0 Å². The van der Waals surface area contributed by atoms with Gasteiger partial charge in [0.05, 0.1) is 17.5 Å². The highest BCUT2D eigenvalue weighted by atomic mass is 35.5. The molecular weight excluding hydrogens is 309 g/mol. The van der Waals surface area contributed by atoms with Crippen LogP contribution in [0.5, 0.6) is 0 Å². The molecule has 1 fully saturated rings. The van der Waals surface area contributed by atoms with Crippen molar-refractivity contribution in [2.24, 2.45) is 0 Å². The molecule has 0 bridgehead atoms. The zero-order chi connectivity index (χ0) is 14.0. The van der Waals surface area contributed by atoms with Gasteiger partial charge < -0.3 is 5.11 Å². The third-order valence-electron chi connectivity index (χ3n) is 2.62. The van der Waals surface area contributed by atoms with E-state index in [1.807, 2.05) is 0 Å². The molecule has 1 heterocycles. The van der Waals surface area contributed by atoms with Gasteiger partial charge in [-0.1, -0.05) is 23.2 Å². The predicted octanol–water partition coefficient (Wildman–Crippen LogP) is 2.35. The van der Waals surface area contributed by atoms with Gasteiger partial charge in [0.25, 0.3) is 0 Å². The predicted molar refractivity (Wildman–Crippen MR) is 76.9 cm³/mol. The summed E-state index contributed by atoms with van der Waals surface area (Å²) in [5.41, 5.74) is 0.389. The topological polar surface area (TPSA) is 57.6 Å². The highest BCUT2D eigenvalue weighted by molar-refractivity contribution is 8.00. The largest absolute Gasteiger partial charge is 0.396 e. The molecule has 1 saturated heterocycles. The van der Waals surface area contributed by atoms with Gasteiger partial charge in [0.1, 0.15) is 0 Å². The molecule has 0 saturated carbocycles. The molecule has 4 nitrogen and oxygen atoms in total. The Morgan fingerprint density at radius 3 is 2.47 bits per heavy atom. The summed E-state index contributed by atoms with van der Waals surface area (Å²) in [6, 6.07) is 4.60. The van der Waals surface area contributed by atoms with Crippen molar-refractivity contribution >= 4 is 52.5 Å². The molecule has 0 aromatic heterocycles. The zero-order valence-electron chi connectivity index (χ0n) is 9.81. The maximum absolute atomic E-state index is 12.2. The lowest BCUT2D eigenvalue weighted by atomic mass is 10.3. The van der Waals surface area contributed by atoms with Crippen molar-refractivity contribution in [1.82, 2.24) is 0 Å². The van der Waals surface area contributed by atoms with E-state index in [0.717, 1.165) is 4.90 Å². The van der Waals surface area contributed by atoms with E-state index in [1.165, 1.54) is 30.0 Å². The van der Waals surface area contributed by atoms with Gasteiger partial charge in [0.15, 0.2) is 0 Å². The maximum Gasteiger partial charge on any atom is 0.247 e. The Labute approximate surface area is 124 Å². The SMILES string of the molecule is O=C1CC(SCCO)C(=O)N1c1cc(Cl)cc(Cl)c1. The van der Waals surface area contributed by atoms with Crippen LogP contribution in [0.3, 0.4) is 0 Å². The molecular formula is C12H11Cl2NO3S. The number of aliphatic hydroxyl groups is 1. The number of carbonyl (C=O) groups is 2. The van der Waals surface area contributed by atoms with Gasteiger partial charge in [0.2, 0.25) is 11.8 Å². The molecule has 19 heavy (non-hydrogen) atoms.